The van der Waals surface area contributed by atoms with E-state index in [1.807, 2.05) is 66.7 Å². The average molecular weight is 344 g/mol. The lowest BCUT2D eigenvalue weighted by Crippen LogP contribution is -2.30. The Bertz CT molecular complexity index is 1010. The van der Waals surface area contributed by atoms with Crippen molar-refractivity contribution in [2.75, 3.05) is 0 Å². The van der Waals surface area contributed by atoms with Crippen LogP contribution in [0, 0.1) is 0 Å². The van der Waals surface area contributed by atoms with E-state index >= 15 is 0 Å². The minimum absolute atomic E-state index is 0.527. The summed E-state index contributed by atoms with van der Waals surface area (Å²) >= 11 is 0. The van der Waals surface area contributed by atoms with Crippen LogP contribution in [0.4, 0.5) is 0 Å². The molecule has 4 rings (SSSR count). The van der Waals surface area contributed by atoms with E-state index in [2.05, 4.69) is 0 Å². The molecule has 0 aliphatic heterocycles. The van der Waals surface area contributed by atoms with Gasteiger partial charge in [-0.25, -0.2) is 0 Å². The summed E-state index contributed by atoms with van der Waals surface area (Å²) in [5.41, 5.74) is 1.08. The molecule has 4 aromatic carbocycles. The van der Waals surface area contributed by atoms with Gasteiger partial charge in [0.15, 0.2) is 0 Å². The Balaban J connectivity index is 0.000000151. The number of fused-ring (bicyclic) bond motifs is 2. The molecule has 0 bridgehead atoms. The van der Waals surface area contributed by atoms with E-state index in [9.17, 15) is 0 Å². The van der Waals surface area contributed by atoms with Crippen LogP contribution in [0.1, 0.15) is 0 Å². The second-order valence-electron chi connectivity index (χ2n) is 5.92. The predicted molar refractivity (Wildman–Crippen MR) is 108 cm³/mol. The highest BCUT2D eigenvalue weighted by molar-refractivity contribution is 6.62. The predicted octanol–water partition coefficient (Wildman–Crippen LogP) is 1.04. The molecule has 0 spiro atoms. The number of benzene rings is 4. The van der Waals surface area contributed by atoms with Gasteiger partial charge in [-0.05, 0) is 32.5 Å². The van der Waals surface area contributed by atoms with Crippen LogP contribution in [0.2, 0.25) is 0 Å². The molecular formula is C20H18B2O4. The minimum atomic E-state index is -1.40. The Hall–Kier alpha value is -2.63. The van der Waals surface area contributed by atoms with Crippen LogP contribution in [0.5, 0.6) is 0 Å². The maximum Gasteiger partial charge on any atom is 0.489 e. The van der Waals surface area contributed by atoms with Gasteiger partial charge in [0.1, 0.15) is 0 Å². The molecule has 128 valence electrons. The SMILES string of the molecule is OB(O)c1ccc2ccccc2c1.OB(O)c1cccc2ccccc12. The van der Waals surface area contributed by atoms with E-state index in [4.69, 9.17) is 20.1 Å². The zero-order valence-corrected chi connectivity index (χ0v) is 14.0. The summed E-state index contributed by atoms with van der Waals surface area (Å²) in [4.78, 5) is 0. The molecule has 0 aromatic heterocycles. The van der Waals surface area contributed by atoms with Crippen molar-refractivity contribution < 1.29 is 20.1 Å². The molecule has 0 radical (unpaired) electrons. The van der Waals surface area contributed by atoms with Gasteiger partial charge in [-0.3, -0.25) is 0 Å². The van der Waals surface area contributed by atoms with Gasteiger partial charge in [0.25, 0.3) is 0 Å². The van der Waals surface area contributed by atoms with E-state index in [0.717, 1.165) is 21.5 Å². The van der Waals surface area contributed by atoms with Gasteiger partial charge in [0.05, 0.1) is 0 Å². The Morgan fingerprint density at radius 1 is 0.500 bits per heavy atom. The quantitative estimate of drug-likeness (QED) is 0.410. The maximum absolute atomic E-state index is 9.08. The van der Waals surface area contributed by atoms with Gasteiger partial charge < -0.3 is 20.1 Å². The summed E-state index contributed by atoms with van der Waals surface area (Å²) in [7, 11) is -2.78. The van der Waals surface area contributed by atoms with Gasteiger partial charge in [0.2, 0.25) is 0 Å². The molecule has 26 heavy (non-hydrogen) atoms. The van der Waals surface area contributed by atoms with E-state index in [-0.39, 0.29) is 0 Å². The molecule has 0 fully saturated rings. The molecular weight excluding hydrogens is 326 g/mol. The Kier molecular flexibility index (Phi) is 5.71. The molecule has 0 aliphatic rings. The summed E-state index contributed by atoms with van der Waals surface area (Å²) in [5.74, 6) is 0. The van der Waals surface area contributed by atoms with Crippen LogP contribution in [-0.2, 0) is 0 Å². The van der Waals surface area contributed by atoms with Crippen molar-refractivity contribution in [1.29, 1.82) is 0 Å². The van der Waals surface area contributed by atoms with Crippen molar-refractivity contribution >= 4 is 46.7 Å². The first-order valence-electron chi connectivity index (χ1n) is 8.25. The second-order valence-corrected chi connectivity index (χ2v) is 5.92. The van der Waals surface area contributed by atoms with E-state index in [0.29, 0.717) is 10.9 Å². The molecule has 0 atom stereocenters. The van der Waals surface area contributed by atoms with Crippen molar-refractivity contribution in [3.63, 3.8) is 0 Å². The molecule has 4 N–H and O–H groups in total. The topological polar surface area (TPSA) is 80.9 Å². The minimum Gasteiger partial charge on any atom is -0.423 e. The van der Waals surface area contributed by atoms with Crippen LogP contribution in [0.3, 0.4) is 0 Å². The Morgan fingerprint density at radius 2 is 1.12 bits per heavy atom. The smallest absolute Gasteiger partial charge is 0.423 e. The maximum atomic E-state index is 9.08. The monoisotopic (exact) mass is 344 g/mol. The first-order valence-corrected chi connectivity index (χ1v) is 8.25. The highest BCUT2D eigenvalue weighted by atomic mass is 16.4. The first-order chi connectivity index (χ1) is 12.6. The van der Waals surface area contributed by atoms with Gasteiger partial charge in [-0.2, -0.15) is 0 Å². The lowest BCUT2D eigenvalue weighted by atomic mass is 9.77. The van der Waals surface area contributed by atoms with Crippen LogP contribution in [0.25, 0.3) is 21.5 Å². The summed E-state index contributed by atoms with van der Waals surface area (Å²) in [5, 5.41) is 40.1. The van der Waals surface area contributed by atoms with E-state index in [1.165, 1.54) is 0 Å². The molecule has 0 amide bonds. The van der Waals surface area contributed by atoms with Crippen molar-refractivity contribution in [2.45, 2.75) is 0 Å². The zero-order chi connectivity index (χ0) is 18.5. The third-order valence-corrected chi connectivity index (χ3v) is 4.17. The highest BCUT2D eigenvalue weighted by Crippen LogP contribution is 2.11. The highest BCUT2D eigenvalue weighted by Gasteiger charge is 2.13. The van der Waals surface area contributed by atoms with Crippen LogP contribution >= 0.6 is 0 Å². The fourth-order valence-electron chi connectivity index (χ4n) is 2.84. The molecule has 0 heterocycles. The fourth-order valence-corrected chi connectivity index (χ4v) is 2.84. The van der Waals surface area contributed by atoms with E-state index in [1.54, 1.807) is 18.2 Å². The number of rotatable bonds is 2. The first kappa shape index (κ1) is 18.2. The van der Waals surface area contributed by atoms with Gasteiger partial charge >= 0.3 is 14.2 Å². The summed E-state index contributed by atoms with van der Waals surface area (Å²) in [6, 6.07) is 26.3. The van der Waals surface area contributed by atoms with Crippen molar-refractivity contribution in [1.82, 2.24) is 0 Å². The van der Waals surface area contributed by atoms with Gasteiger partial charge in [-0.1, -0.05) is 84.9 Å². The molecule has 0 saturated heterocycles. The molecule has 4 nitrogen and oxygen atoms in total. The zero-order valence-electron chi connectivity index (χ0n) is 14.0. The number of hydrogen-bond donors (Lipinski definition) is 4. The second kappa shape index (κ2) is 8.17. The normalized spacial score (nSPS) is 10.3. The van der Waals surface area contributed by atoms with Gasteiger partial charge in [-0.15, -0.1) is 0 Å². The Labute approximate surface area is 152 Å². The number of hydrogen-bond acceptors (Lipinski definition) is 4. The van der Waals surface area contributed by atoms with Crippen LogP contribution < -0.4 is 10.9 Å². The summed E-state index contributed by atoms with van der Waals surface area (Å²) in [6.07, 6.45) is 0. The third-order valence-electron chi connectivity index (χ3n) is 4.17. The molecule has 0 unspecified atom stereocenters. The average Bonchev–Trinajstić information content (AvgIpc) is 2.67. The standard InChI is InChI=1S/2C10H9BO2/c12-11(13)10-7-3-5-8-4-1-2-6-9(8)10;12-11(13)10-6-5-8-3-1-2-4-9(8)7-10/h2*1-7,12-13H. The van der Waals surface area contributed by atoms with Crippen LogP contribution in [-0.4, -0.2) is 34.3 Å². The van der Waals surface area contributed by atoms with Crippen LogP contribution in [0.15, 0.2) is 84.9 Å². The lowest BCUT2D eigenvalue weighted by molar-refractivity contribution is 0.424. The van der Waals surface area contributed by atoms with Crippen molar-refractivity contribution in [2.24, 2.45) is 0 Å². The van der Waals surface area contributed by atoms with E-state index < -0.39 is 14.2 Å². The summed E-state index contributed by atoms with van der Waals surface area (Å²) < 4.78 is 0. The lowest BCUT2D eigenvalue weighted by Gasteiger charge is -2.03. The van der Waals surface area contributed by atoms with Crippen molar-refractivity contribution in [3.05, 3.63) is 84.9 Å². The molecule has 6 heteroatoms. The van der Waals surface area contributed by atoms with Crippen molar-refractivity contribution in [3.8, 4) is 0 Å². The molecule has 4 aromatic rings. The molecule has 0 saturated carbocycles. The third kappa shape index (κ3) is 4.12. The largest absolute Gasteiger partial charge is 0.489 e. The fraction of sp³-hybridized carbons (Fsp3) is 0. The van der Waals surface area contributed by atoms with Gasteiger partial charge in [0, 0.05) is 0 Å². The summed E-state index contributed by atoms with van der Waals surface area (Å²) in [6.45, 7) is 0. The Morgan fingerprint density at radius 3 is 1.81 bits per heavy atom. The molecule has 0 aliphatic carbocycles.